The van der Waals surface area contributed by atoms with E-state index < -0.39 is 33.2 Å². The Morgan fingerprint density at radius 3 is 1.10 bits per heavy atom. The highest BCUT2D eigenvalue weighted by Gasteiger charge is 2.62. The molecule has 2 rings (SSSR count). The van der Waals surface area contributed by atoms with Crippen LogP contribution in [-0.2, 0) is 0 Å². The molecule has 0 aromatic heterocycles. The predicted molar refractivity (Wildman–Crippen MR) is 143 cm³/mol. The lowest BCUT2D eigenvalue weighted by Crippen LogP contribution is -2.64. The fraction of sp³-hybridized carbons (Fsp3) is 0.667. The van der Waals surface area contributed by atoms with Crippen molar-refractivity contribution in [2.24, 2.45) is 11.8 Å². The standard InChI is InChI=1S/C24H42Cl2Si3/c1-17(2)21-13-19(27(5,6)7)15-23(21,25)29(11,12)24(26)16-20(28(8,9)10)14-22(24)18(3)4/h13-18H,1-12H3. The smallest absolute Gasteiger partial charge is 0.114 e. The maximum Gasteiger partial charge on any atom is 0.115 e. The van der Waals surface area contributed by atoms with Crippen molar-refractivity contribution in [3.05, 3.63) is 45.8 Å². The Bertz CT molecular complexity index is 735. The minimum absolute atomic E-state index is 0.415. The van der Waals surface area contributed by atoms with Gasteiger partial charge >= 0.3 is 0 Å². The zero-order valence-corrected chi connectivity index (χ0v) is 25.2. The van der Waals surface area contributed by atoms with E-state index in [2.05, 4.69) is 104 Å². The molecule has 0 spiro atoms. The van der Waals surface area contributed by atoms with Gasteiger partial charge in [-0.2, -0.15) is 0 Å². The molecule has 5 heteroatoms. The van der Waals surface area contributed by atoms with E-state index in [1.165, 1.54) is 21.5 Å². The zero-order chi connectivity index (χ0) is 22.8. The number of allylic oxidation sites excluding steroid dienone is 8. The van der Waals surface area contributed by atoms with E-state index in [0.29, 0.717) is 11.8 Å². The lowest BCUT2D eigenvalue weighted by molar-refractivity contribution is 0.704. The van der Waals surface area contributed by atoms with Crippen molar-refractivity contribution in [2.75, 3.05) is 0 Å². The maximum atomic E-state index is 7.74. The van der Waals surface area contributed by atoms with Gasteiger partial charge in [-0.25, -0.2) is 0 Å². The second kappa shape index (κ2) is 7.65. The Hall–Kier alpha value is 0.191. The molecule has 0 heterocycles. The van der Waals surface area contributed by atoms with Crippen molar-refractivity contribution in [3.8, 4) is 0 Å². The van der Waals surface area contributed by atoms with Crippen LogP contribution in [0.25, 0.3) is 0 Å². The molecule has 0 saturated heterocycles. The summed E-state index contributed by atoms with van der Waals surface area (Å²) in [5, 5.41) is 2.97. The van der Waals surface area contributed by atoms with Gasteiger partial charge in [0.15, 0.2) is 0 Å². The van der Waals surface area contributed by atoms with Crippen LogP contribution < -0.4 is 0 Å². The monoisotopic (exact) mass is 484 g/mol. The Morgan fingerprint density at radius 1 is 0.621 bits per heavy atom. The third-order valence-electron chi connectivity index (χ3n) is 6.97. The predicted octanol–water partition coefficient (Wildman–Crippen LogP) is 8.53. The molecule has 0 bridgehead atoms. The Morgan fingerprint density at radius 2 is 0.897 bits per heavy atom. The van der Waals surface area contributed by atoms with Crippen LogP contribution in [0.2, 0.25) is 52.4 Å². The van der Waals surface area contributed by atoms with E-state index >= 15 is 0 Å². The van der Waals surface area contributed by atoms with Gasteiger partial charge in [0, 0.05) is 0 Å². The minimum atomic E-state index is -2.29. The van der Waals surface area contributed by atoms with Gasteiger partial charge in [-0.05, 0) is 23.0 Å². The van der Waals surface area contributed by atoms with Crippen LogP contribution in [0.3, 0.4) is 0 Å². The molecule has 29 heavy (non-hydrogen) atoms. The number of hydrogen-bond donors (Lipinski definition) is 0. The molecule has 0 nitrogen and oxygen atoms in total. The van der Waals surface area contributed by atoms with Crippen LogP contribution in [0.15, 0.2) is 45.8 Å². The normalized spacial score (nSPS) is 28.7. The van der Waals surface area contributed by atoms with E-state index in [4.69, 9.17) is 23.2 Å². The third kappa shape index (κ3) is 4.16. The quantitative estimate of drug-likeness (QED) is 0.261. The lowest BCUT2D eigenvalue weighted by atomic mass is 10.0. The van der Waals surface area contributed by atoms with Crippen molar-refractivity contribution in [2.45, 2.75) is 89.1 Å². The van der Waals surface area contributed by atoms with E-state index in [1.54, 1.807) is 0 Å². The van der Waals surface area contributed by atoms with Crippen LogP contribution in [0, 0.1) is 11.8 Å². The van der Waals surface area contributed by atoms with Crippen molar-refractivity contribution >= 4 is 47.4 Å². The summed E-state index contributed by atoms with van der Waals surface area (Å²) in [6, 6.07) is 0. The molecule has 0 radical (unpaired) electrons. The molecule has 2 unspecified atom stereocenters. The highest BCUT2D eigenvalue weighted by Crippen LogP contribution is 2.57. The largest absolute Gasteiger partial charge is 0.115 e. The Balaban J connectivity index is 2.75. The molecule has 0 amide bonds. The Labute approximate surface area is 193 Å². The number of rotatable bonds is 6. The van der Waals surface area contributed by atoms with Gasteiger partial charge in [-0.15, -0.1) is 23.2 Å². The van der Waals surface area contributed by atoms with Crippen molar-refractivity contribution in [1.82, 2.24) is 0 Å². The van der Waals surface area contributed by atoms with E-state index in [-0.39, 0.29) is 0 Å². The summed E-state index contributed by atoms with van der Waals surface area (Å²) in [4.78, 5) is 0. The van der Waals surface area contributed by atoms with Gasteiger partial charge in [0.2, 0.25) is 0 Å². The van der Waals surface area contributed by atoms with Crippen molar-refractivity contribution in [1.29, 1.82) is 0 Å². The zero-order valence-electron chi connectivity index (χ0n) is 20.7. The molecule has 164 valence electrons. The summed E-state index contributed by atoms with van der Waals surface area (Å²) >= 11 is 15.5. The van der Waals surface area contributed by atoms with Crippen LogP contribution in [-0.4, -0.2) is 33.2 Å². The first kappa shape index (κ1) is 25.5. The van der Waals surface area contributed by atoms with E-state index in [0.717, 1.165) is 0 Å². The molecule has 0 N–H and O–H groups in total. The first-order valence-corrected chi connectivity index (χ1v) is 21.8. The summed E-state index contributed by atoms with van der Waals surface area (Å²) < 4.78 is -0.893. The van der Waals surface area contributed by atoms with Gasteiger partial charge in [0.1, 0.15) is 8.07 Å². The van der Waals surface area contributed by atoms with Crippen LogP contribution in [0.1, 0.15) is 27.7 Å². The maximum absolute atomic E-state index is 7.74. The van der Waals surface area contributed by atoms with E-state index in [9.17, 15) is 0 Å². The van der Waals surface area contributed by atoms with Crippen LogP contribution in [0.4, 0.5) is 0 Å². The van der Waals surface area contributed by atoms with Gasteiger partial charge in [-0.3, -0.25) is 0 Å². The molecule has 0 aromatic rings. The first-order valence-electron chi connectivity index (χ1n) is 11.1. The molecule has 0 aliphatic heterocycles. The number of hydrogen-bond acceptors (Lipinski definition) is 0. The van der Waals surface area contributed by atoms with Gasteiger partial charge in [0.05, 0.1) is 25.1 Å². The summed E-state index contributed by atoms with van der Waals surface area (Å²) in [6.07, 6.45) is 9.75. The SMILES string of the molecule is CC(C)C1=CC([Si](C)(C)C)=CC1(Cl)[Si](C)(C)C1(Cl)C=C([Si](C)(C)C)C=C1C(C)C. The fourth-order valence-corrected chi connectivity index (χ4v) is 13.1. The second-order valence-electron chi connectivity index (χ2n) is 12.3. The van der Waals surface area contributed by atoms with Gasteiger partial charge in [0.25, 0.3) is 0 Å². The van der Waals surface area contributed by atoms with Gasteiger partial charge in [-0.1, -0.05) is 115 Å². The van der Waals surface area contributed by atoms with Crippen LogP contribution in [0.5, 0.6) is 0 Å². The van der Waals surface area contributed by atoms with Crippen LogP contribution >= 0.6 is 23.2 Å². The Kier molecular flexibility index (Phi) is 6.72. The number of alkyl halides is 2. The van der Waals surface area contributed by atoms with E-state index in [1.807, 2.05) is 0 Å². The highest BCUT2D eigenvalue weighted by atomic mass is 35.5. The molecule has 0 saturated carbocycles. The molecule has 2 aliphatic carbocycles. The third-order valence-corrected chi connectivity index (χ3v) is 19.0. The molecule has 0 fully saturated rings. The average molecular weight is 486 g/mol. The minimum Gasteiger partial charge on any atom is -0.114 e. The van der Waals surface area contributed by atoms with Crippen molar-refractivity contribution in [3.63, 3.8) is 0 Å². The summed E-state index contributed by atoms with van der Waals surface area (Å²) in [5.41, 5.74) is 2.76. The molecular formula is C24H42Cl2Si3. The first-order chi connectivity index (χ1) is 12.8. The average Bonchev–Trinajstić information content (AvgIpc) is 3.06. The molecule has 2 aliphatic rings. The highest BCUT2D eigenvalue weighted by molar-refractivity contribution is 6.98. The van der Waals surface area contributed by atoms with Crippen molar-refractivity contribution < 1.29 is 0 Å². The number of halogens is 2. The summed E-state index contributed by atoms with van der Waals surface area (Å²) in [7, 11) is -5.23. The topological polar surface area (TPSA) is 0 Å². The summed E-state index contributed by atoms with van der Waals surface area (Å²) in [6.45, 7) is 28.5. The molecule has 0 aromatic carbocycles. The second-order valence-corrected chi connectivity index (χ2v) is 29.1. The summed E-state index contributed by atoms with van der Waals surface area (Å²) in [5.74, 6) is 0.830. The lowest BCUT2D eigenvalue weighted by Gasteiger charge is -2.49. The molecule has 2 atom stereocenters. The fourth-order valence-electron chi connectivity index (χ4n) is 4.61. The molecular weight excluding hydrogens is 443 g/mol. The van der Waals surface area contributed by atoms with Gasteiger partial charge < -0.3 is 0 Å².